The molecule has 0 aliphatic rings. The van der Waals surface area contributed by atoms with E-state index in [9.17, 15) is 0 Å². The normalized spacial score (nSPS) is 12.5. The average molecular weight is 371 g/mol. The van der Waals surface area contributed by atoms with Crippen LogP contribution in [0.15, 0.2) is 104 Å². The number of nitrogens with zero attached hydrogens (tertiary/aromatic N) is 1. The SMILES string of the molecule is C=C/C=C\C(=C/C)c1nc2c3ccccc3c3ccccc3c2c2ccccc12. The van der Waals surface area contributed by atoms with Crippen molar-refractivity contribution < 1.29 is 0 Å². The lowest BCUT2D eigenvalue weighted by Crippen LogP contribution is -1.94. The number of hydrogen-bond donors (Lipinski definition) is 0. The van der Waals surface area contributed by atoms with E-state index in [1.165, 1.54) is 37.7 Å². The van der Waals surface area contributed by atoms with Crippen LogP contribution < -0.4 is 0 Å². The van der Waals surface area contributed by atoms with Crippen molar-refractivity contribution in [2.45, 2.75) is 6.92 Å². The van der Waals surface area contributed by atoms with E-state index in [0.29, 0.717) is 0 Å². The van der Waals surface area contributed by atoms with E-state index in [4.69, 9.17) is 4.98 Å². The van der Waals surface area contributed by atoms with Crippen molar-refractivity contribution >= 4 is 48.8 Å². The van der Waals surface area contributed by atoms with E-state index in [-0.39, 0.29) is 0 Å². The third kappa shape index (κ3) is 2.67. The molecule has 0 fully saturated rings. The molecule has 0 spiro atoms. The van der Waals surface area contributed by atoms with Gasteiger partial charge in [0.05, 0.1) is 11.2 Å². The first kappa shape index (κ1) is 17.4. The molecule has 0 bridgehead atoms. The van der Waals surface area contributed by atoms with Crippen molar-refractivity contribution in [3.63, 3.8) is 0 Å². The second-order valence-corrected chi connectivity index (χ2v) is 7.16. The van der Waals surface area contributed by atoms with Crippen LogP contribution in [0.1, 0.15) is 12.6 Å². The number of benzene rings is 4. The van der Waals surface area contributed by atoms with Gasteiger partial charge in [-0.25, -0.2) is 4.98 Å². The Morgan fingerprint density at radius 3 is 1.86 bits per heavy atom. The minimum atomic E-state index is 1.01. The third-order valence-electron chi connectivity index (χ3n) is 5.58. The van der Waals surface area contributed by atoms with Gasteiger partial charge in [-0.1, -0.05) is 104 Å². The molecule has 5 aromatic rings. The van der Waals surface area contributed by atoms with E-state index in [0.717, 1.165) is 16.8 Å². The van der Waals surface area contributed by atoms with Gasteiger partial charge in [-0.2, -0.15) is 0 Å². The molecule has 0 radical (unpaired) electrons. The molecular weight excluding hydrogens is 350 g/mol. The molecule has 4 aromatic carbocycles. The molecule has 5 rings (SSSR count). The standard InChI is InChI=1S/C28H21N/c1-3-5-12-19(4-2)27-25-18-11-9-16-23(25)26-22-15-8-6-13-20(22)21-14-7-10-17-24(21)28(26)29-27/h3-18H,1H2,2H3/b12-5-,19-4+. The van der Waals surface area contributed by atoms with Crippen molar-refractivity contribution in [1.82, 2.24) is 4.98 Å². The Morgan fingerprint density at radius 2 is 1.24 bits per heavy atom. The number of rotatable bonds is 3. The summed E-state index contributed by atoms with van der Waals surface area (Å²) in [6.07, 6.45) is 7.96. The van der Waals surface area contributed by atoms with Gasteiger partial charge >= 0.3 is 0 Å². The van der Waals surface area contributed by atoms with Gasteiger partial charge in [-0.15, -0.1) is 0 Å². The van der Waals surface area contributed by atoms with E-state index >= 15 is 0 Å². The van der Waals surface area contributed by atoms with Crippen LogP contribution in [-0.4, -0.2) is 4.98 Å². The first-order chi connectivity index (χ1) is 14.3. The van der Waals surface area contributed by atoms with Gasteiger partial charge < -0.3 is 0 Å². The van der Waals surface area contributed by atoms with Crippen LogP contribution in [0.2, 0.25) is 0 Å². The summed E-state index contributed by atoms with van der Waals surface area (Å²) < 4.78 is 0. The lowest BCUT2D eigenvalue weighted by atomic mass is 9.92. The van der Waals surface area contributed by atoms with Crippen LogP contribution in [0, 0.1) is 0 Å². The van der Waals surface area contributed by atoms with Gasteiger partial charge in [0.2, 0.25) is 0 Å². The Kier molecular flexibility index (Phi) is 4.22. The summed E-state index contributed by atoms with van der Waals surface area (Å²) in [6.45, 7) is 5.87. The second kappa shape index (κ2) is 7.03. The van der Waals surface area contributed by atoms with Crippen molar-refractivity contribution in [2.24, 2.45) is 0 Å². The zero-order valence-electron chi connectivity index (χ0n) is 16.4. The summed E-state index contributed by atoms with van der Waals surface area (Å²) in [5, 5.41) is 8.59. The third-order valence-corrected chi connectivity index (χ3v) is 5.58. The first-order valence-electron chi connectivity index (χ1n) is 9.91. The maximum atomic E-state index is 5.25. The van der Waals surface area contributed by atoms with Crippen LogP contribution in [0.3, 0.4) is 0 Å². The molecule has 0 amide bonds. The van der Waals surface area contributed by atoms with Gasteiger partial charge in [0.25, 0.3) is 0 Å². The highest BCUT2D eigenvalue weighted by Gasteiger charge is 2.15. The lowest BCUT2D eigenvalue weighted by molar-refractivity contribution is 1.39. The predicted molar refractivity (Wildman–Crippen MR) is 127 cm³/mol. The minimum Gasteiger partial charge on any atom is -0.246 e. The molecule has 29 heavy (non-hydrogen) atoms. The molecule has 1 heteroatoms. The predicted octanol–water partition coefficient (Wildman–Crippen LogP) is 7.84. The number of aromatic nitrogens is 1. The number of allylic oxidation sites excluding steroid dienone is 5. The summed E-state index contributed by atoms with van der Waals surface area (Å²) in [4.78, 5) is 5.25. The smallest absolute Gasteiger partial charge is 0.0800 e. The summed E-state index contributed by atoms with van der Waals surface area (Å²) in [5.74, 6) is 0. The van der Waals surface area contributed by atoms with Gasteiger partial charge in [-0.05, 0) is 34.0 Å². The van der Waals surface area contributed by atoms with Gasteiger partial charge in [0.15, 0.2) is 0 Å². The molecule has 0 N–H and O–H groups in total. The summed E-state index contributed by atoms with van der Waals surface area (Å²) in [7, 11) is 0. The molecule has 0 atom stereocenters. The van der Waals surface area contributed by atoms with Crippen molar-refractivity contribution in [3.05, 3.63) is 109 Å². The fraction of sp³-hybridized carbons (Fsp3) is 0.0357. The van der Waals surface area contributed by atoms with Crippen LogP contribution in [0.25, 0.3) is 48.8 Å². The topological polar surface area (TPSA) is 12.9 Å². The van der Waals surface area contributed by atoms with E-state index in [2.05, 4.69) is 98.5 Å². The molecule has 1 aromatic heterocycles. The Balaban J connectivity index is 2.08. The van der Waals surface area contributed by atoms with Crippen LogP contribution in [0.4, 0.5) is 0 Å². The van der Waals surface area contributed by atoms with E-state index in [1.807, 2.05) is 6.08 Å². The van der Waals surface area contributed by atoms with Crippen molar-refractivity contribution in [1.29, 1.82) is 0 Å². The largest absolute Gasteiger partial charge is 0.246 e. The van der Waals surface area contributed by atoms with E-state index < -0.39 is 0 Å². The first-order valence-corrected chi connectivity index (χ1v) is 9.91. The van der Waals surface area contributed by atoms with E-state index in [1.54, 1.807) is 6.08 Å². The van der Waals surface area contributed by atoms with Gasteiger partial charge in [0.1, 0.15) is 0 Å². The summed E-state index contributed by atoms with van der Waals surface area (Å²) in [6, 6.07) is 25.8. The minimum absolute atomic E-state index is 1.01. The number of fused-ring (bicyclic) bond motifs is 8. The molecule has 0 saturated heterocycles. The highest BCUT2D eigenvalue weighted by molar-refractivity contribution is 6.30. The maximum absolute atomic E-state index is 5.25. The van der Waals surface area contributed by atoms with Gasteiger partial charge in [0, 0.05) is 16.2 Å². The summed E-state index contributed by atoms with van der Waals surface area (Å²) in [5.41, 5.74) is 3.16. The number of pyridine rings is 1. The Hall–Kier alpha value is -3.71. The molecular formula is C28H21N. The van der Waals surface area contributed by atoms with Crippen molar-refractivity contribution in [2.75, 3.05) is 0 Å². The van der Waals surface area contributed by atoms with Crippen LogP contribution in [0.5, 0.6) is 0 Å². The van der Waals surface area contributed by atoms with Crippen LogP contribution in [-0.2, 0) is 0 Å². The molecule has 0 aliphatic carbocycles. The highest BCUT2D eigenvalue weighted by atomic mass is 14.7. The monoisotopic (exact) mass is 371 g/mol. The highest BCUT2D eigenvalue weighted by Crippen LogP contribution is 2.39. The Labute approximate surface area is 170 Å². The average Bonchev–Trinajstić information content (AvgIpc) is 2.79. The molecule has 0 saturated carbocycles. The quantitative estimate of drug-likeness (QED) is 0.232. The molecule has 0 aliphatic heterocycles. The molecule has 1 nitrogen and oxygen atoms in total. The summed E-state index contributed by atoms with van der Waals surface area (Å²) >= 11 is 0. The lowest BCUT2D eigenvalue weighted by Gasteiger charge is -2.15. The molecule has 0 unspecified atom stereocenters. The fourth-order valence-electron chi connectivity index (χ4n) is 4.29. The van der Waals surface area contributed by atoms with Crippen molar-refractivity contribution in [3.8, 4) is 0 Å². The van der Waals surface area contributed by atoms with Gasteiger partial charge in [-0.3, -0.25) is 0 Å². The second-order valence-electron chi connectivity index (χ2n) is 7.16. The Bertz CT molecular complexity index is 1470. The number of hydrogen-bond acceptors (Lipinski definition) is 1. The zero-order chi connectivity index (χ0) is 19.8. The molecule has 138 valence electrons. The fourth-order valence-corrected chi connectivity index (χ4v) is 4.29. The maximum Gasteiger partial charge on any atom is 0.0800 e. The Morgan fingerprint density at radius 1 is 0.724 bits per heavy atom. The molecule has 1 heterocycles. The van der Waals surface area contributed by atoms with Crippen LogP contribution >= 0.6 is 0 Å². The zero-order valence-corrected chi connectivity index (χ0v) is 16.4.